The molecular formula is C24H32O3. The molecule has 0 aliphatic carbocycles. The van der Waals surface area contributed by atoms with E-state index in [4.69, 9.17) is 4.74 Å². The molecule has 146 valence electrons. The van der Waals surface area contributed by atoms with Crippen molar-refractivity contribution in [3.8, 4) is 23.7 Å². The van der Waals surface area contributed by atoms with Crippen molar-refractivity contribution in [1.82, 2.24) is 0 Å². The van der Waals surface area contributed by atoms with Crippen LogP contribution in [-0.2, 0) is 9.53 Å². The van der Waals surface area contributed by atoms with Crippen LogP contribution in [0.5, 0.6) is 0 Å². The molecule has 0 aliphatic heterocycles. The van der Waals surface area contributed by atoms with Crippen molar-refractivity contribution in [2.45, 2.75) is 83.8 Å². The van der Waals surface area contributed by atoms with Crippen molar-refractivity contribution in [3.05, 3.63) is 35.9 Å². The van der Waals surface area contributed by atoms with Crippen LogP contribution in [0.1, 0.15) is 77.2 Å². The standard InChI is InChI=1S/C24H32O3/c1-21(2)27-24(26)23(25)20-16-11-9-7-5-3-4-6-8-10-13-17-22-18-14-12-15-19-22/h12,14-15,18-19,21,23,25H,3-7,9,11,16,20H2,1-2H3. The third kappa shape index (κ3) is 12.7. The first kappa shape index (κ1) is 22.8. The van der Waals surface area contributed by atoms with Crippen molar-refractivity contribution in [1.29, 1.82) is 0 Å². The van der Waals surface area contributed by atoms with Gasteiger partial charge in [0.2, 0.25) is 0 Å². The first-order chi connectivity index (χ1) is 13.1. The van der Waals surface area contributed by atoms with E-state index in [0.717, 1.165) is 37.7 Å². The Morgan fingerprint density at radius 3 is 2.26 bits per heavy atom. The maximum atomic E-state index is 11.5. The number of ether oxygens (including phenoxy) is 1. The molecule has 0 aromatic heterocycles. The molecule has 1 aromatic carbocycles. The van der Waals surface area contributed by atoms with Crippen molar-refractivity contribution in [2.75, 3.05) is 0 Å². The molecule has 0 aliphatic rings. The number of rotatable bonds is 11. The predicted octanol–water partition coefficient (Wildman–Crippen LogP) is 4.86. The van der Waals surface area contributed by atoms with Crippen molar-refractivity contribution in [2.24, 2.45) is 0 Å². The Morgan fingerprint density at radius 2 is 1.59 bits per heavy atom. The molecule has 1 unspecified atom stereocenters. The molecule has 0 saturated heterocycles. The van der Waals surface area contributed by atoms with Gasteiger partial charge < -0.3 is 9.84 Å². The Bertz CT molecular complexity index is 641. The van der Waals surface area contributed by atoms with E-state index in [9.17, 15) is 9.90 Å². The Balaban J connectivity index is 1.94. The highest BCUT2D eigenvalue weighted by atomic mass is 16.6. The zero-order chi connectivity index (χ0) is 19.7. The van der Waals surface area contributed by atoms with Gasteiger partial charge in [-0.3, -0.25) is 0 Å². The zero-order valence-electron chi connectivity index (χ0n) is 16.7. The summed E-state index contributed by atoms with van der Waals surface area (Å²) in [6.07, 6.45) is 7.97. The molecule has 0 heterocycles. The smallest absolute Gasteiger partial charge is 0.335 e. The molecule has 3 heteroatoms. The molecule has 0 radical (unpaired) electrons. The van der Waals surface area contributed by atoms with Crippen LogP contribution in [-0.4, -0.2) is 23.3 Å². The van der Waals surface area contributed by atoms with E-state index in [-0.39, 0.29) is 6.10 Å². The third-order valence-corrected chi connectivity index (χ3v) is 4.03. The minimum absolute atomic E-state index is 0.173. The van der Waals surface area contributed by atoms with Gasteiger partial charge in [0.1, 0.15) is 0 Å². The highest BCUT2D eigenvalue weighted by Gasteiger charge is 2.16. The molecule has 0 spiro atoms. The minimum Gasteiger partial charge on any atom is -0.461 e. The van der Waals surface area contributed by atoms with Gasteiger partial charge in [-0.2, -0.15) is 0 Å². The molecule has 0 saturated carbocycles. The second-order valence-corrected chi connectivity index (χ2v) is 6.93. The molecule has 1 atom stereocenters. The van der Waals surface area contributed by atoms with E-state index in [1.165, 1.54) is 19.3 Å². The van der Waals surface area contributed by atoms with Crippen LogP contribution in [0.4, 0.5) is 0 Å². The van der Waals surface area contributed by atoms with Crippen LogP contribution < -0.4 is 0 Å². The van der Waals surface area contributed by atoms with Gasteiger partial charge in [0, 0.05) is 12.0 Å². The monoisotopic (exact) mass is 368 g/mol. The van der Waals surface area contributed by atoms with Crippen LogP contribution >= 0.6 is 0 Å². The number of benzene rings is 1. The van der Waals surface area contributed by atoms with Gasteiger partial charge in [-0.05, 0) is 50.7 Å². The van der Waals surface area contributed by atoms with Crippen LogP contribution in [0.15, 0.2) is 30.3 Å². The lowest BCUT2D eigenvalue weighted by Crippen LogP contribution is -2.25. The first-order valence-electron chi connectivity index (χ1n) is 10.0. The van der Waals surface area contributed by atoms with Crippen molar-refractivity contribution in [3.63, 3.8) is 0 Å². The van der Waals surface area contributed by atoms with Gasteiger partial charge in [0.05, 0.1) is 6.10 Å². The van der Waals surface area contributed by atoms with E-state index >= 15 is 0 Å². The van der Waals surface area contributed by atoms with Crippen molar-refractivity contribution >= 4 is 5.97 Å². The Hall–Kier alpha value is -2.23. The third-order valence-electron chi connectivity index (χ3n) is 4.03. The topological polar surface area (TPSA) is 46.5 Å². The number of carbonyl (C=O) groups is 1. The summed E-state index contributed by atoms with van der Waals surface area (Å²) in [5, 5.41) is 9.70. The largest absolute Gasteiger partial charge is 0.461 e. The number of esters is 1. The fraction of sp³-hybridized carbons (Fsp3) is 0.542. The molecule has 27 heavy (non-hydrogen) atoms. The van der Waals surface area contributed by atoms with Gasteiger partial charge in [-0.15, -0.1) is 0 Å². The molecule has 1 rings (SSSR count). The maximum absolute atomic E-state index is 11.5. The molecule has 0 bridgehead atoms. The molecule has 3 nitrogen and oxygen atoms in total. The summed E-state index contributed by atoms with van der Waals surface area (Å²) >= 11 is 0. The summed E-state index contributed by atoms with van der Waals surface area (Å²) in [5.41, 5.74) is 0.996. The normalized spacial score (nSPS) is 11.1. The van der Waals surface area contributed by atoms with Crippen LogP contribution in [0.3, 0.4) is 0 Å². The fourth-order valence-electron chi connectivity index (χ4n) is 2.60. The summed E-state index contributed by atoms with van der Waals surface area (Å²) in [5.74, 6) is 11.4. The second-order valence-electron chi connectivity index (χ2n) is 6.93. The highest BCUT2D eigenvalue weighted by Crippen LogP contribution is 2.11. The van der Waals surface area contributed by atoms with Crippen molar-refractivity contribution < 1.29 is 14.6 Å². The summed E-state index contributed by atoms with van der Waals surface area (Å²) in [7, 11) is 0. The maximum Gasteiger partial charge on any atom is 0.335 e. The quantitative estimate of drug-likeness (QED) is 0.344. The van der Waals surface area contributed by atoms with E-state index in [1.807, 2.05) is 30.3 Å². The van der Waals surface area contributed by atoms with E-state index in [2.05, 4.69) is 23.7 Å². The van der Waals surface area contributed by atoms with Gasteiger partial charge in [0.15, 0.2) is 6.10 Å². The second kappa shape index (κ2) is 14.9. The van der Waals surface area contributed by atoms with Gasteiger partial charge in [-0.25, -0.2) is 4.79 Å². The number of unbranched alkanes of at least 4 members (excludes halogenated alkanes) is 7. The zero-order valence-corrected chi connectivity index (χ0v) is 16.7. The highest BCUT2D eigenvalue weighted by molar-refractivity contribution is 5.74. The molecule has 1 N–H and O–H groups in total. The van der Waals surface area contributed by atoms with Crippen LogP contribution in [0, 0.1) is 23.7 Å². The molecular weight excluding hydrogens is 336 g/mol. The van der Waals surface area contributed by atoms with Gasteiger partial charge >= 0.3 is 5.97 Å². The minimum atomic E-state index is -0.976. The van der Waals surface area contributed by atoms with Gasteiger partial charge in [-0.1, -0.05) is 68.6 Å². The summed E-state index contributed by atoms with van der Waals surface area (Å²) in [6.45, 7) is 3.57. The van der Waals surface area contributed by atoms with Crippen LogP contribution in [0.25, 0.3) is 0 Å². The van der Waals surface area contributed by atoms with E-state index in [1.54, 1.807) is 13.8 Å². The van der Waals surface area contributed by atoms with Gasteiger partial charge in [0.25, 0.3) is 0 Å². The predicted molar refractivity (Wildman–Crippen MR) is 110 cm³/mol. The molecule has 0 amide bonds. The number of aliphatic hydroxyl groups excluding tert-OH is 1. The van der Waals surface area contributed by atoms with Crippen LogP contribution in [0.2, 0.25) is 0 Å². The summed E-state index contributed by atoms with van der Waals surface area (Å²) in [6, 6.07) is 9.88. The number of hydrogen-bond donors (Lipinski definition) is 1. The Kier molecular flexibility index (Phi) is 12.6. The molecule has 0 fully saturated rings. The SMILES string of the molecule is CC(C)OC(=O)C(O)CCCCCCCCCC#CC#Cc1ccccc1. The molecule has 1 aromatic rings. The summed E-state index contributed by atoms with van der Waals surface area (Å²) in [4.78, 5) is 11.5. The summed E-state index contributed by atoms with van der Waals surface area (Å²) < 4.78 is 4.98. The fourth-order valence-corrected chi connectivity index (χ4v) is 2.60. The Morgan fingerprint density at radius 1 is 0.963 bits per heavy atom. The van der Waals surface area contributed by atoms with E-state index < -0.39 is 12.1 Å². The lowest BCUT2D eigenvalue weighted by molar-refractivity contribution is -0.157. The average Bonchev–Trinajstić information content (AvgIpc) is 2.65. The Labute approximate surface area is 164 Å². The van der Waals surface area contributed by atoms with E-state index in [0.29, 0.717) is 6.42 Å². The first-order valence-corrected chi connectivity index (χ1v) is 10.0. The lowest BCUT2D eigenvalue weighted by Gasteiger charge is -2.12. The lowest BCUT2D eigenvalue weighted by atomic mass is 10.1. The number of hydrogen-bond acceptors (Lipinski definition) is 3. The number of aliphatic hydroxyl groups is 1. The number of carbonyl (C=O) groups excluding carboxylic acids is 1. The average molecular weight is 369 g/mol.